The molecule has 1 amide bonds. The van der Waals surface area contributed by atoms with Gasteiger partial charge in [0.05, 0.1) is 12.3 Å². The molecule has 2 N–H and O–H groups in total. The van der Waals surface area contributed by atoms with Gasteiger partial charge in [0.1, 0.15) is 5.75 Å². The van der Waals surface area contributed by atoms with E-state index in [1.54, 1.807) is 36.1 Å². The summed E-state index contributed by atoms with van der Waals surface area (Å²) in [5.41, 5.74) is 0.821. The Hall–Kier alpha value is -2.04. The number of aliphatic carboxylic acids is 1. The van der Waals surface area contributed by atoms with Crippen LogP contribution < -0.4 is 0 Å². The van der Waals surface area contributed by atoms with Crippen molar-refractivity contribution >= 4 is 11.9 Å². The Kier molecular flexibility index (Phi) is 4.27. The van der Waals surface area contributed by atoms with Crippen molar-refractivity contribution in [3.63, 3.8) is 0 Å². The largest absolute Gasteiger partial charge is 0.508 e. The van der Waals surface area contributed by atoms with Gasteiger partial charge in [0, 0.05) is 12.6 Å². The molecule has 1 aromatic rings. The first-order valence-electron chi connectivity index (χ1n) is 6.77. The number of carbonyl (C=O) groups excluding carboxylic acids is 1. The Balaban J connectivity index is 2.00. The van der Waals surface area contributed by atoms with E-state index < -0.39 is 11.9 Å². The Labute approximate surface area is 117 Å². The van der Waals surface area contributed by atoms with Gasteiger partial charge in [-0.2, -0.15) is 0 Å². The van der Waals surface area contributed by atoms with Crippen molar-refractivity contribution in [1.82, 2.24) is 4.90 Å². The first-order valence-corrected chi connectivity index (χ1v) is 6.77. The van der Waals surface area contributed by atoms with Crippen LogP contribution in [0.3, 0.4) is 0 Å². The molecular weight excluding hydrogens is 258 g/mol. The van der Waals surface area contributed by atoms with Crippen LogP contribution in [0.15, 0.2) is 24.3 Å². The van der Waals surface area contributed by atoms with Crippen LogP contribution in [-0.2, 0) is 16.0 Å². The minimum Gasteiger partial charge on any atom is -0.508 e. The molecule has 5 nitrogen and oxygen atoms in total. The molecule has 0 saturated heterocycles. The maximum Gasteiger partial charge on any atom is 0.308 e. The molecule has 0 bridgehead atoms. The highest BCUT2D eigenvalue weighted by molar-refractivity contribution is 5.80. The van der Waals surface area contributed by atoms with Crippen LogP contribution in [0.4, 0.5) is 0 Å². The summed E-state index contributed by atoms with van der Waals surface area (Å²) in [5, 5.41) is 18.2. The lowest BCUT2D eigenvalue weighted by atomic mass is 10.1. The zero-order valence-corrected chi connectivity index (χ0v) is 11.5. The van der Waals surface area contributed by atoms with Gasteiger partial charge in [-0.3, -0.25) is 9.59 Å². The topological polar surface area (TPSA) is 77.8 Å². The summed E-state index contributed by atoms with van der Waals surface area (Å²) in [6.45, 7) is 1.88. The van der Waals surface area contributed by atoms with Crippen LogP contribution >= 0.6 is 0 Å². The predicted octanol–water partition coefficient (Wildman–Crippen LogP) is 1.65. The quantitative estimate of drug-likeness (QED) is 0.828. The van der Waals surface area contributed by atoms with E-state index in [4.69, 9.17) is 5.11 Å². The molecule has 0 aromatic heterocycles. The average molecular weight is 277 g/mol. The minimum atomic E-state index is -0.881. The van der Waals surface area contributed by atoms with E-state index in [-0.39, 0.29) is 30.7 Å². The molecule has 1 aliphatic carbocycles. The van der Waals surface area contributed by atoms with Crippen molar-refractivity contribution in [3.8, 4) is 5.75 Å². The first-order chi connectivity index (χ1) is 9.47. The number of hydrogen-bond donors (Lipinski definition) is 2. The van der Waals surface area contributed by atoms with Crippen LogP contribution in [0.25, 0.3) is 0 Å². The van der Waals surface area contributed by atoms with Crippen LogP contribution in [0.5, 0.6) is 5.75 Å². The van der Waals surface area contributed by atoms with Crippen molar-refractivity contribution in [2.75, 3.05) is 6.54 Å². The molecule has 20 heavy (non-hydrogen) atoms. The van der Waals surface area contributed by atoms with Gasteiger partial charge in [-0.25, -0.2) is 0 Å². The number of carboxylic acids is 1. The molecule has 5 heteroatoms. The molecule has 0 radical (unpaired) electrons. The number of amides is 1. The number of hydrogen-bond acceptors (Lipinski definition) is 3. The summed E-state index contributed by atoms with van der Waals surface area (Å²) in [4.78, 5) is 24.9. The highest BCUT2D eigenvalue weighted by atomic mass is 16.4. The van der Waals surface area contributed by atoms with Crippen molar-refractivity contribution < 1.29 is 19.8 Å². The normalized spacial score (nSPS) is 15.7. The first kappa shape index (κ1) is 14.4. The molecule has 0 heterocycles. The van der Waals surface area contributed by atoms with E-state index in [2.05, 4.69) is 0 Å². The van der Waals surface area contributed by atoms with Gasteiger partial charge in [0.15, 0.2) is 0 Å². The fourth-order valence-electron chi connectivity index (χ4n) is 2.10. The number of nitrogens with zero attached hydrogens (tertiary/aromatic N) is 1. The highest BCUT2D eigenvalue weighted by Gasteiger charge is 2.34. The summed E-state index contributed by atoms with van der Waals surface area (Å²) in [6, 6.07) is 6.70. The van der Waals surface area contributed by atoms with E-state index >= 15 is 0 Å². The van der Waals surface area contributed by atoms with Crippen molar-refractivity contribution in [3.05, 3.63) is 29.8 Å². The number of carbonyl (C=O) groups is 2. The molecule has 1 aliphatic rings. The maximum atomic E-state index is 12.3. The maximum absolute atomic E-state index is 12.3. The number of benzene rings is 1. The van der Waals surface area contributed by atoms with Crippen LogP contribution in [-0.4, -0.2) is 39.6 Å². The Morgan fingerprint density at radius 1 is 1.30 bits per heavy atom. The molecular formula is C15H19NO4. The van der Waals surface area contributed by atoms with Crippen molar-refractivity contribution in [2.24, 2.45) is 5.92 Å². The molecule has 1 atom stereocenters. The van der Waals surface area contributed by atoms with Crippen molar-refractivity contribution in [1.29, 1.82) is 0 Å². The Morgan fingerprint density at radius 3 is 2.40 bits per heavy atom. The van der Waals surface area contributed by atoms with E-state index in [1.807, 2.05) is 0 Å². The molecule has 2 rings (SSSR count). The lowest BCUT2D eigenvalue weighted by molar-refractivity contribution is -0.143. The van der Waals surface area contributed by atoms with Crippen LogP contribution in [0.1, 0.15) is 25.3 Å². The van der Waals surface area contributed by atoms with Gasteiger partial charge in [-0.1, -0.05) is 19.1 Å². The zero-order valence-electron chi connectivity index (χ0n) is 11.5. The summed E-state index contributed by atoms with van der Waals surface area (Å²) >= 11 is 0. The number of phenols is 1. The number of rotatable bonds is 6. The second-order valence-corrected chi connectivity index (χ2v) is 5.36. The van der Waals surface area contributed by atoms with Gasteiger partial charge < -0.3 is 15.1 Å². The Morgan fingerprint density at radius 2 is 1.90 bits per heavy atom. The Bertz CT molecular complexity index is 493. The molecule has 1 unspecified atom stereocenters. The van der Waals surface area contributed by atoms with Crippen LogP contribution in [0.2, 0.25) is 0 Å². The summed E-state index contributed by atoms with van der Waals surface area (Å²) < 4.78 is 0. The van der Waals surface area contributed by atoms with Crippen molar-refractivity contribution in [2.45, 2.75) is 32.2 Å². The standard InChI is InChI=1S/C15H19NO4/c1-10(15(19)20)9-16(12-4-5-12)14(18)8-11-2-6-13(17)7-3-11/h2-3,6-7,10,12,17H,4-5,8-9H2,1H3,(H,19,20). The number of carboxylic acid groups (broad SMARTS) is 1. The molecule has 1 fully saturated rings. The second-order valence-electron chi connectivity index (χ2n) is 5.36. The SMILES string of the molecule is CC(CN(C(=O)Cc1ccc(O)cc1)C1CC1)C(=O)O. The van der Waals surface area contributed by atoms with Gasteiger partial charge in [0.2, 0.25) is 5.91 Å². The van der Waals surface area contributed by atoms with E-state index in [0.29, 0.717) is 0 Å². The average Bonchev–Trinajstić information content (AvgIpc) is 3.22. The lowest BCUT2D eigenvalue weighted by Gasteiger charge is -2.24. The third kappa shape index (κ3) is 3.73. The highest BCUT2D eigenvalue weighted by Crippen LogP contribution is 2.28. The van der Waals surface area contributed by atoms with Gasteiger partial charge >= 0.3 is 5.97 Å². The minimum absolute atomic E-state index is 0.0497. The van der Waals surface area contributed by atoms with E-state index in [1.165, 1.54) is 0 Å². The second kappa shape index (κ2) is 5.94. The molecule has 0 spiro atoms. The summed E-state index contributed by atoms with van der Waals surface area (Å²) in [7, 11) is 0. The monoisotopic (exact) mass is 277 g/mol. The predicted molar refractivity (Wildman–Crippen MR) is 73.3 cm³/mol. The molecule has 108 valence electrons. The lowest BCUT2D eigenvalue weighted by Crippen LogP contribution is -2.39. The third-order valence-electron chi connectivity index (χ3n) is 3.49. The zero-order chi connectivity index (χ0) is 14.7. The smallest absolute Gasteiger partial charge is 0.308 e. The molecule has 1 aromatic carbocycles. The van der Waals surface area contributed by atoms with Crippen LogP contribution in [0, 0.1) is 5.92 Å². The van der Waals surface area contributed by atoms with Gasteiger partial charge in [0.25, 0.3) is 0 Å². The molecule has 0 aliphatic heterocycles. The van der Waals surface area contributed by atoms with Gasteiger partial charge in [-0.15, -0.1) is 0 Å². The fourth-order valence-corrected chi connectivity index (χ4v) is 2.10. The van der Waals surface area contributed by atoms with E-state index in [0.717, 1.165) is 18.4 Å². The number of aromatic hydroxyl groups is 1. The number of phenolic OH excluding ortho intramolecular Hbond substituents is 1. The molecule has 1 saturated carbocycles. The summed E-state index contributed by atoms with van der Waals surface area (Å²) in [6.07, 6.45) is 2.14. The van der Waals surface area contributed by atoms with Gasteiger partial charge in [-0.05, 0) is 30.5 Å². The van der Waals surface area contributed by atoms with E-state index in [9.17, 15) is 14.7 Å². The fraction of sp³-hybridized carbons (Fsp3) is 0.467. The summed E-state index contributed by atoms with van der Waals surface area (Å²) in [5.74, 6) is -1.32. The third-order valence-corrected chi connectivity index (χ3v) is 3.49.